The molecule has 0 fully saturated rings. The minimum absolute atomic E-state index is 0.0918. The summed E-state index contributed by atoms with van der Waals surface area (Å²) in [5.74, 6) is -1.09. The molecule has 0 radical (unpaired) electrons. The summed E-state index contributed by atoms with van der Waals surface area (Å²) in [6, 6.07) is 4.09. The van der Waals surface area contributed by atoms with Crippen LogP contribution in [0.1, 0.15) is 15.9 Å². The Kier molecular flexibility index (Phi) is 3.65. The van der Waals surface area contributed by atoms with Gasteiger partial charge in [0.15, 0.2) is 0 Å². The van der Waals surface area contributed by atoms with Crippen molar-refractivity contribution in [2.75, 3.05) is 18.5 Å². The average molecular weight is 247 g/mol. The van der Waals surface area contributed by atoms with E-state index in [2.05, 4.69) is 0 Å². The van der Waals surface area contributed by atoms with Crippen LogP contribution >= 0.6 is 0 Å². The molecule has 94 valence electrons. The summed E-state index contributed by atoms with van der Waals surface area (Å²) in [6.45, 7) is 0.479. The second-order valence-corrected chi connectivity index (χ2v) is 3.78. The van der Waals surface area contributed by atoms with Crippen LogP contribution in [-0.4, -0.2) is 30.8 Å². The summed E-state index contributed by atoms with van der Waals surface area (Å²) >= 11 is 0. The van der Waals surface area contributed by atoms with Crippen molar-refractivity contribution in [1.29, 1.82) is 0 Å². The topological polar surface area (TPSA) is 40.5 Å². The molecule has 0 saturated heterocycles. The molecule has 0 amide bonds. The predicted molar refractivity (Wildman–Crippen MR) is 57.5 cm³/mol. The standard InChI is InChI=1S/C11H12F3NO2/c1-7-5-8(3-4-9(7)10(16)17)15(2)6-11(12,13)14/h3-5H,6H2,1-2H3,(H,16,17). The van der Waals surface area contributed by atoms with Gasteiger partial charge >= 0.3 is 12.1 Å². The second kappa shape index (κ2) is 4.65. The van der Waals surface area contributed by atoms with Crippen LogP contribution in [0.15, 0.2) is 18.2 Å². The van der Waals surface area contributed by atoms with E-state index < -0.39 is 18.7 Å². The van der Waals surface area contributed by atoms with Crippen LogP contribution in [0.2, 0.25) is 0 Å². The van der Waals surface area contributed by atoms with Crippen LogP contribution in [-0.2, 0) is 0 Å². The highest BCUT2D eigenvalue weighted by Crippen LogP contribution is 2.22. The van der Waals surface area contributed by atoms with E-state index in [1.807, 2.05) is 0 Å². The lowest BCUT2D eigenvalue weighted by molar-refractivity contribution is -0.119. The van der Waals surface area contributed by atoms with Gasteiger partial charge in [0.25, 0.3) is 0 Å². The van der Waals surface area contributed by atoms with Gasteiger partial charge in [0, 0.05) is 12.7 Å². The first kappa shape index (κ1) is 13.3. The molecule has 0 aliphatic heterocycles. The molecule has 0 bridgehead atoms. The van der Waals surface area contributed by atoms with E-state index in [0.29, 0.717) is 11.3 Å². The number of carboxylic acids is 1. The number of anilines is 1. The summed E-state index contributed by atoms with van der Waals surface area (Å²) in [7, 11) is 1.31. The maximum Gasteiger partial charge on any atom is 0.405 e. The Morgan fingerprint density at radius 2 is 2.00 bits per heavy atom. The van der Waals surface area contributed by atoms with Crippen molar-refractivity contribution >= 4 is 11.7 Å². The lowest BCUT2D eigenvalue weighted by Gasteiger charge is -2.21. The molecular weight excluding hydrogens is 235 g/mol. The average Bonchev–Trinajstić information content (AvgIpc) is 2.14. The molecular formula is C11H12F3NO2. The Balaban J connectivity index is 2.94. The molecule has 0 aliphatic carbocycles. The van der Waals surface area contributed by atoms with E-state index in [0.717, 1.165) is 4.90 Å². The van der Waals surface area contributed by atoms with Gasteiger partial charge in [-0.05, 0) is 30.7 Å². The number of carbonyl (C=O) groups is 1. The number of carboxylic acid groups (broad SMARTS) is 1. The molecule has 6 heteroatoms. The fourth-order valence-corrected chi connectivity index (χ4v) is 1.49. The second-order valence-electron chi connectivity index (χ2n) is 3.78. The largest absolute Gasteiger partial charge is 0.478 e. The number of rotatable bonds is 3. The van der Waals surface area contributed by atoms with Crippen molar-refractivity contribution in [3.63, 3.8) is 0 Å². The Morgan fingerprint density at radius 1 is 1.41 bits per heavy atom. The van der Waals surface area contributed by atoms with E-state index in [-0.39, 0.29) is 5.56 Å². The van der Waals surface area contributed by atoms with Gasteiger partial charge in [0.2, 0.25) is 0 Å². The fraction of sp³-hybridized carbons (Fsp3) is 0.364. The minimum Gasteiger partial charge on any atom is -0.478 e. The van der Waals surface area contributed by atoms with Crippen LogP contribution in [0.25, 0.3) is 0 Å². The number of aryl methyl sites for hydroxylation is 1. The van der Waals surface area contributed by atoms with Gasteiger partial charge in [0.05, 0.1) is 5.56 Å². The maximum atomic E-state index is 12.2. The molecule has 0 aliphatic rings. The maximum absolute atomic E-state index is 12.2. The summed E-state index contributed by atoms with van der Waals surface area (Å²) in [5, 5.41) is 8.79. The molecule has 1 N–H and O–H groups in total. The Labute approximate surface area is 96.5 Å². The van der Waals surface area contributed by atoms with E-state index in [4.69, 9.17) is 5.11 Å². The van der Waals surface area contributed by atoms with Crippen molar-refractivity contribution in [3.05, 3.63) is 29.3 Å². The van der Waals surface area contributed by atoms with E-state index in [1.165, 1.54) is 25.2 Å². The summed E-state index contributed by atoms with van der Waals surface area (Å²) in [5.41, 5.74) is 0.864. The molecule has 0 aromatic heterocycles. The summed E-state index contributed by atoms with van der Waals surface area (Å²) in [4.78, 5) is 11.8. The SMILES string of the molecule is Cc1cc(N(C)CC(F)(F)F)ccc1C(=O)O. The number of alkyl halides is 3. The number of halogens is 3. The van der Waals surface area contributed by atoms with Crippen LogP contribution in [0, 0.1) is 6.92 Å². The van der Waals surface area contributed by atoms with E-state index >= 15 is 0 Å². The molecule has 0 saturated carbocycles. The Hall–Kier alpha value is -1.72. The van der Waals surface area contributed by atoms with Crippen LogP contribution in [0.4, 0.5) is 18.9 Å². The number of hydrogen-bond donors (Lipinski definition) is 1. The van der Waals surface area contributed by atoms with Gasteiger partial charge in [-0.3, -0.25) is 0 Å². The first-order valence-corrected chi connectivity index (χ1v) is 4.82. The van der Waals surface area contributed by atoms with Crippen LogP contribution < -0.4 is 4.90 Å². The fourth-order valence-electron chi connectivity index (χ4n) is 1.49. The zero-order valence-electron chi connectivity index (χ0n) is 9.38. The van der Waals surface area contributed by atoms with E-state index in [9.17, 15) is 18.0 Å². The molecule has 0 unspecified atom stereocenters. The molecule has 0 atom stereocenters. The summed E-state index contributed by atoms with van der Waals surface area (Å²) in [6.07, 6.45) is -4.28. The lowest BCUT2D eigenvalue weighted by atomic mass is 10.1. The number of nitrogens with zero attached hydrogens (tertiary/aromatic N) is 1. The van der Waals surface area contributed by atoms with Gasteiger partial charge < -0.3 is 10.0 Å². The molecule has 1 aromatic carbocycles. The normalized spacial score (nSPS) is 11.4. The Morgan fingerprint density at radius 3 is 2.41 bits per heavy atom. The highest BCUT2D eigenvalue weighted by Gasteiger charge is 2.29. The summed E-state index contributed by atoms with van der Waals surface area (Å²) < 4.78 is 36.5. The van der Waals surface area contributed by atoms with Gasteiger partial charge in [-0.1, -0.05) is 0 Å². The van der Waals surface area contributed by atoms with Gasteiger partial charge in [-0.15, -0.1) is 0 Å². The molecule has 1 rings (SSSR count). The number of aromatic carboxylic acids is 1. The van der Waals surface area contributed by atoms with Gasteiger partial charge in [-0.25, -0.2) is 4.79 Å². The highest BCUT2D eigenvalue weighted by atomic mass is 19.4. The van der Waals surface area contributed by atoms with E-state index in [1.54, 1.807) is 6.92 Å². The van der Waals surface area contributed by atoms with Crippen molar-refractivity contribution in [1.82, 2.24) is 0 Å². The molecule has 17 heavy (non-hydrogen) atoms. The molecule has 3 nitrogen and oxygen atoms in total. The molecule has 0 spiro atoms. The van der Waals surface area contributed by atoms with Crippen molar-refractivity contribution < 1.29 is 23.1 Å². The third-order valence-corrected chi connectivity index (χ3v) is 2.30. The zero-order chi connectivity index (χ0) is 13.2. The third kappa shape index (κ3) is 3.65. The predicted octanol–water partition coefficient (Wildman–Crippen LogP) is 2.69. The Bertz CT molecular complexity index is 429. The smallest absolute Gasteiger partial charge is 0.405 e. The highest BCUT2D eigenvalue weighted by molar-refractivity contribution is 5.89. The molecule has 1 aromatic rings. The molecule has 0 heterocycles. The van der Waals surface area contributed by atoms with Crippen LogP contribution in [0.3, 0.4) is 0 Å². The third-order valence-electron chi connectivity index (χ3n) is 2.30. The quantitative estimate of drug-likeness (QED) is 0.892. The minimum atomic E-state index is -4.28. The lowest BCUT2D eigenvalue weighted by Crippen LogP contribution is -2.30. The number of benzene rings is 1. The first-order valence-electron chi connectivity index (χ1n) is 4.82. The first-order chi connectivity index (χ1) is 7.70. The van der Waals surface area contributed by atoms with Crippen molar-refractivity contribution in [3.8, 4) is 0 Å². The van der Waals surface area contributed by atoms with Crippen molar-refractivity contribution in [2.45, 2.75) is 13.1 Å². The van der Waals surface area contributed by atoms with Crippen LogP contribution in [0.5, 0.6) is 0 Å². The number of hydrogen-bond acceptors (Lipinski definition) is 2. The van der Waals surface area contributed by atoms with Gasteiger partial charge in [0.1, 0.15) is 6.54 Å². The monoisotopic (exact) mass is 247 g/mol. The van der Waals surface area contributed by atoms with Crippen molar-refractivity contribution in [2.24, 2.45) is 0 Å². The zero-order valence-corrected chi connectivity index (χ0v) is 9.38. The van der Waals surface area contributed by atoms with Gasteiger partial charge in [-0.2, -0.15) is 13.2 Å².